The van der Waals surface area contributed by atoms with Crippen LogP contribution in [-0.4, -0.2) is 51.5 Å². The average Bonchev–Trinajstić information content (AvgIpc) is 2.56. The summed E-state index contributed by atoms with van der Waals surface area (Å²) in [6, 6.07) is 6.53. The van der Waals surface area contributed by atoms with Gasteiger partial charge in [-0.2, -0.15) is 4.31 Å². The number of rotatable bonds is 7. The lowest BCUT2D eigenvalue weighted by molar-refractivity contribution is -0.121. The highest BCUT2D eigenvalue weighted by molar-refractivity contribution is 7.89. The molecule has 0 bridgehead atoms. The zero-order valence-electron chi connectivity index (χ0n) is 14.3. The van der Waals surface area contributed by atoms with Crippen molar-refractivity contribution in [1.82, 2.24) is 9.62 Å². The summed E-state index contributed by atoms with van der Waals surface area (Å²) in [5.41, 5.74) is 0.787. The normalized spacial score (nSPS) is 17.4. The average molecular weight is 354 g/mol. The van der Waals surface area contributed by atoms with Crippen LogP contribution in [0.5, 0.6) is 0 Å². The molecule has 0 radical (unpaired) electrons. The van der Waals surface area contributed by atoms with Gasteiger partial charge in [0.05, 0.1) is 17.9 Å². The molecule has 134 valence electrons. The number of ether oxygens (including phenoxy) is 1. The third-order valence-corrected chi connectivity index (χ3v) is 5.98. The summed E-state index contributed by atoms with van der Waals surface area (Å²) >= 11 is 0. The first-order valence-electron chi connectivity index (χ1n) is 8.31. The van der Waals surface area contributed by atoms with Crippen LogP contribution in [-0.2, 0) is 26.0 Å². The highest BCUT2D eigenvalue weighted by atomic mass is 32.2. The van der Waals surface area contributed by atoms with Gasteiger partial charge in [-0.15, -0.1) is 0 Å². The molecule has 7 heteroatoms. The van der Waals surface area contributed by atoms with Gasteiger partial charge in [-0.05, 0) is 37.5 Å². The van der Waals surface area contributed by atoms with Gasteiger partial charge in [-0.1, -0.05) is 18.6 Å². The van der Waals surface area contributed by atoms with E-state index < -0.39 is 10.0 Å². The van der Waals surface area contributed by atoms with Crippen LogP contribution in [0.15, 0.2) is 29.2 Å². The summed E-state index contributed by atoms with van der Waals surface area (Å²) in [5.74, 6) is -0.105. The third-order valence-electron chi connectivity index (χ3n) is 4.06. The molecule has 1 N–H and O–H groups in total. The third kappa shape index (κ3) is 5.03. The van der Waals surface area contributed by atoms with E-state index in [-0.39, 0.29) is 18.4 Å². The van der Waals surface area contributed by atoms with E-state index in [1.54, 1.807) is 35.7 Å². The summed E-state index contributed by atoms with van der Waals surface area (Å²) in [6.45, 7) is 3.50. The van der Waals surface area contributed by atoms with Crippen molar-refractivity contribution < 1.29 is 17.9 Å². The van der Waals surface area contributed by atoms with Gasteiger partial charge in [0.2, 0.25) is 15.9 Å². The van der Waals surface area contributed by atoms with Crippen molar-refractivity contribution >= 4 is 15.9 Å². The fourth-order valence-electron chi connectivity index (χ4n) is 2.84. The summed E-state index contributed by atoms with van der Waals surface area (Å²) in [7, 11) is -1.83. The van der Waals surface area contributed by atoms with E-state index in [4.69, 9.17) is 4.74 Å². The van der Waals surface area contributed by atoms with Gasteiger partial charge >= 0.3 is 0 Å². The first-order valence-corrected chi connectivity index (χ1v) is 9.75. The van der Waals surface area contributed by atoms with E-state index in [0.717, 1.165) is 24.8 Å². The van der Waals surface area contributed by atoms with Crippen LogP contribution in [0.4, 0.5) is 0 Å². The summed E-state index contributed by atoms with van der Waals surface area (Å²) in [4.78, 5) is 12.2. The van der Waals surface area contributed by atoms with E-state index >= 15 is 0 Å². The van der Waals surface area contributed by atoms with Crippen LogP contribution >= 0.6 is 0 Å². The van der Waals surface area contributed by atoms with Crippen molar-refractivity contribution in [1.29, 1.82) is 0 Å². The van der Waals surface area contributed by atoms with E-state index in [2.05, 4.69) is 5.32 Å². The molecule has 1 aliphatic heterocycles. The predicted octanol–water partition coefficient (Wildman–Crippen LogP) is 1.55. The number of amides is 1. The minimum Gasteiger partial charge on any atom is -0.383 e. The van der Waals surface area contributed by atoms with Crippen molar-refractivity contribution in [2.75, 3.05) is 26.8 Å². The topological polar surface area (TPSA) is 75.7 Å². The number of sulfonamides is 1. The number of benzene rings is 1. The second-order valence-electron chi connectivity index (χ2n) is 6.21. The SMILES string of the molecule is COCC(C)NC(=O)Cc1ccc(S(=O)(=O)N2CCCCC2)cc1. The molecule has 1 aromatic carbocycles. The molecule has 24 heavy (non-hydrogen) atoms. The molecule has 1 aliphatic rings. The lowest BCUT2D eigenvalue weighted by atomic mass is 10.1. The molecule has 1 atom stereocenters. The van der Waals surface area contributed by atoms with Crippen molar-refractivity contribution in [2.24, 2.45) is 0 Å². The van der Waals surface area contributed by atoms with Crippen LogP contribution in [0.2, 0.25) is 0 Å². The van der Waals surface area contributed by atoms with Crippen LogP contribution in [0, 0.1) is 0 Å². The number of hydrogen-bond donors (Lipinski definition) is 1. The first-order chi connectivity index (χ1) is 11.4. The second kappa shape index (κ2) is 8.60. The number of methoxy groups -OCH3 is 1. The van der Waals surface area contributed by atoms with Crippen molar-refractivity contribution in [3.05, 3.63) is 29.8 Å². The highest BCUT2D eigenvalue weighted by Crippen LogP contribution is 2.20. The Morgan fingerprint density at radius 1 is 1.21 bits per heavy atom. The number of carbonyl (C=O) groups excluding carboxylic acids is 1. The maximum absolute atomic E-state index is 12.6. The van der Waals surface area contributed by atoms with Gasteiger partial charge in [0.1, 0.15) is 0 Å². The van der Waals surface area contributed by atoms with Crippen LogP contribution < -0.4 is 5.32 Å². The smallest absolute Gasteiger partial charge is 0.243 e. The van der Waals surface area contributed by atoms with Gasteiger partial charge in [-0.25, -0.2) is 8.42 Å². The van der Waals surface area contributed by atoms with E-state index in [1.807, 2.05) is 6.92 Å². The van der Waals surface area contributed by atoms with Crippen molar-refractivity contribution in [3.8, 4) is 0 Å². The Bertz CT molecular complexity index is 637. The number of carbonyl (C=O) groups is 1. The Labute approximate surface area is 144 Å². The Hall–Kier alpha value is -1.44. The standard InChI is InChI=1S/C17H26N2O4S/c1-14(13-23-2)18-17(20)12-15-6-8-16(9-7-15)24(21,22)19-10-4-3-5-11-19/h6-9,14H,3-5,10-13H2,1-2H3,(H,18,20). The lowest BCUT2D eigenvalue weighted by Gasteiger charge is -2.25. The molecule has 1 fully saturated rings. The van der Waals surface area contributed by atoms with Gasteiger partial charge < -0.3 is 10.1 Å². The van der Waals surface area contributed by atoms with Gasteiger partial charge in [0, 0.05) is 26.2 Å². The molecular formula is C17H26N2O4S. The number of nitrogens with one attached hydrogen (secondary N) is 1. The zero-order valence-corrected chi connectivity index (χ0v) is 15.1. The van der Waals surface area contributed by atoms with E-state index in [1.165, 1.54) is 0 Å². The molecule has 1 amide bonds. The Morgan fingerprint density at radius 3 is 2.42 bits per heavy atom. The fourth-order valence-corrected chi connectivity index (χ4v) is 4.35. The molecule has 1 saturated heterocycles. The van der Waals surface area contributed by atoms with Crippen LogP contribution in [0.3, 0.4) is 0 Å². The minimum absolute atomic E-state index is 0.0544. The largest absolute Gasteiger partial charge is 0.383 e. The molecule has 0 spiro atoms. The van der Waals surface area contributed by atoms with E-state index in [0.29, 0.717) is 24.6 Å². The lowest BCUT2D eigenvalue weighted by Crippen LogP contribution is -2.36. The summed E-state index contributed by atoms with van der Waals surface area (Å²) in [6.07, 6.45) is 3.13. The molecule has 0 aromatic heterocycles. The maximum atomic E-state index is 12.6. The minimum atomic E-state index is -3.42. The van der Waals surface area contributed by atoms with Gasteiger partial charge in [0.25, 0.3) is 0 Å². The molecule has 1 heterocycles. The number of piperidine rings is 1. The maximum Gasteiger partial charge on any atom is 0.243 e. The fraction of sp³-hybridized carbons (Fsp3) is 0.588. The molecule has 0 saturated carbocycles. The number of hydrogen-bond acceptors (Lipinski definition) is 4. The quantitative estimate of drug-likeness (QED) is 0.806. The molecular weight excluding hydrogens is 328 g/mol. The highest BCUT2D eigenvalue weighted by Gasteiger charge is 2.25. The zero-order chi connectivity index (χ0) is 17.6. The van der Waals surface area contributed by atoms with E-state index in [9.17, 15) is 13.2 Å². The Kier molecular flexibility index (Phi) is 6.77. The van der Waals surface area contributed by atoms with Crippen molar-refractivity contribution in [3.63, 3.8) is 0 Å². The van der Waals surface area contributed by atoms with Crippen LogP contribution in [0.25, 0.3) is 0 Å². The van der Waals surface area contributed by atoms with Gasteiger partial charge in [-0.3, -0.25) is 4.79 Å². The molecule has 0 aliphatic carbocycles. The molecule has 2 rings (SSSR count). The van der Waals surface area contributed by atoms with Crippen molar-refractivity contribution in [2.45, 2.75) is 43.5 Å². The number of nitrogens with zero attached hydrogens (tertiary/aromatic N) is 1. The monoisotopic (exact) mass is 354 g/mol. The molecule has 1 unspecified atom stereocenters. The second-order valence-corrected chi connectivity index (χ2v) is 8.15. The predicted molar refractivity (Wildman–Crippen MR) is 92.2 cm³/mol. The molecule has 6 nitrogen and oxygen atoms in total. The van der Waals surface area contributed by atoms with Gasteiger partial charge in [0.15, 0.2) is 0 Å². The first kappa shape index (κ1) is 18.9. The molecule has 1 aromatic rings. The Balaban J connectivity index is 1.98. The van der Waals surface area contributed by atoms with Crippen LogP contribution in [0.1, 0.15) is 31.7 Å². The summed E-state index contributed by atoms with van der Waals surface area (Å²) < 4.78 is 31.7. The summed E-state index contributed by atoms with van der Waals surface area (Å²) in [5, 5.41) is 2.84. The Morgan fingerprint density at radius 2 is 1.83 bits per heavy atom.